The van der Waals surface area contributed by atoms with Gasteiger partial charge in [0.1, 0.15) is 11.8 Å². The van der Waals surface area contributed by atoms with Gasteiger partial charge < -0.3 is 15.2 Å². The molecule has 0 aliphatic rings. The van der Waals surface area contributed by atoms with Gasteiger partial charge in [0.15, 0.2) is 11.5 Å². The smallest absolute Gasteiger partial charge is 0.182 e. The summed E-state index contributed by atoms with van der Waals surface area (Å²) in [5.41, 5.74) is 1.58. The lowest BCUT2D eigenvalue weighted by atomic mass is 10.3. The molecule has 0 bridgehead atoms. The van der Waals surface area contributed by atoms with E-state index in [2.05, 4.69) is 44.2 Å². The van der Waals surface area contributed by atoms with E-state index >= 15 is 0 Å². The van der Waals surface area contributed by atoms with E-state index in [1.54, 1.807) is 6.33 Å². The molecule has 0 saturated heterocycles. The zero-order valence-electron chi connectivity index (χ0n) is 10.3. The summed E-state index contributed by atoms with van der Waals surface area (Å²) in [5, 5.41) is 3.31. The van der Waals surface area contributed by atoms with Gasteiger partial charge in [0.05, 0.1) is 6.33 Å². The molecule has 92 valence electrons. The highest BCUT2D eigenvalue weighted by Crippen LogP contribution is 2.14. The first-order valence-electron chi connectivity index (χ1n) is 5.80. The Labute approximate surface area is 100 Å². The third-order valence-corrected chi connectivity index (χ3v) is 2.55. The Morgan fingerprint density at radius 1 is 1.24 bits per heavy atom. The summed E-state index contributed by atoms with van der Waals surface area (Å²) < 4.78 is 0. The highest BCUT2D eigenvalue weighted by atomic mass is 15.1. The first-order chi connectivity index (χ1) is 8.27. The lowest BCUT2D eigenvalue weighted by Crippen LogP contribution is -2.14. The van der Waals surface area contributed by atoms with Gasteiger partial charge in [-0.05, 0) is 33.5 Å². The van der Waals surface area contributed by atoms with E-state index in [1.807, 2.05) is 0 Å². The van der Waals surface area contributed by atoms with Crippen LogP contribution in [0.25, 0.3) is 11.2 Å². The topological polar surface area (TPSA) is 69.7 Å². The summed E-state index contributed by atoms with van der Waals surface area (Å²) in [6.07, 6.45) is 5.47. The van der Waals surface area contributed by atoms with Gasteiger partial charge in [0, 0.05) is 6.54 Å². The molecule has 6 heteroatoms. The van der Waals surface area contributed by atoms with E-state index in [0.29, 0.717) is 5.65 Å². The molecule has 0 atom stereocenters. The number of rotatable bonds is 6. The van der Waals surface area contributed by atoms with Gasteiger partial charge in [-0.25, -0.2) is 15.0 Å². The average Bonchev–Trinajstić information content (AvgIpc) is 2.77. The average molecular weight is 234 g/mol. The lowest BCUT2D eigenvalue weighted by molar-refractivity contribution is 0.396. The number of anilines is 1. The number of hydrogen-bond donors (Lipinski definition) is 2. The van der Waals surface area contributed by atoms with Gasteiger partial charge in [0.25, 0.3) is 0 Å². The molecule has 0 radical (unpaired) electrons. The van der Waals surface area contributed by atoms with E-state index in [-0.39, 0.29) is 0 Å². The maximum Gasteiger partial charge on any atom is 0.182 e. The van der Waals surface area contributed by atoms with Crippen LogP contribution < -0.4 is 5.32 Å². The summed E-state index contributed by atoms with van der Waals surface area (Å²) >= 11 is 0. The monoisotopic (exact) mass is 234 g/mol. The number of nitrogens with zero attached hydrogens (tertiary/aromatic N) is 4. The van der Waals surface area contributed by atoms with Crippen LogP contribution in [0, 0.1) is 0 Å². The Bertz CT molecular complexity index is 464. The minimum atomic E-state index is 0.704. The van der Waals surface area contributed by atoms with Crippen molar-refractivity contribution >= 4 is 17.0 Å². The predicted molar refractivity (Wildman–Crippen MR) is 68.0 cm³/mol. The van der Waals surface area contributed by atoms with Crippen molar-refractivity contribution in [2.24, 2.45) is 0 Å². The molecule has 6 nitrogen and oxygen atoms in total. The number of aromatic nitrogens is 4. The van der Waals surface area contributed by atoms with Crippen molar-refractivity contribution in [2.45, 2.75) is 12.8 Å². The van der Waals surface area contributed by atoms with Crippen molar-refractivity contribution in [3.63, 3.8) is 0 Å². The molecule has 0 aliphatic heterocycles. The number of unbranched alkanes of at least 4 members (excludes halogenated alkanes) is 1. The zero-order valence-corrected chi connectivity index (χ0v) is 10.3. The van der Waals surface area contributed by atoms with Crippen LogP contribution in [-0.4, -0.2) is 52.0 Å². The standard InChI is InChI=1S/C11H18N6/c1-17(2)6-4-3-5-12-10-9-11(14-7-13-9)16-8-15-10/h7-8H,3-6H2,1-2H3,(H2,12,13,14,15,16). The van der Waals surface area contributed by atoms with Crippen LogP contribution >= 0.6 is 0 Å². The fourth-order valence-electron chi connectivity index (χ4n) is 1.66. The number of hydrogen-bond acceptors (Lipinski definition) is 5. The third kappa shape index (κ3) is 3.13. The molecule has 0 unspecified atom stereocenters. The number of nitrogens with one attached hydrogen (secondary N) is 2. The molecule has 0 spiro atoms. The van der Waals surface area contributed by atoms with Gasteiger partial charge >= 0.3 is 0 Å². The molecule has 0 amide bonds. The van der Waals surface area contributed by atoms with Crippen molar-refractivity contribution in [1.29, 1.82) is 0 Å². The second kappa shape index (κ2) is 5.58. The Morgan fingerprint density at radius 2 is 2.12 bits per heavy atom. The maximum atomic E-state index is 4.21. The Hall–Kier alpha value is -1.69. The van der Waals surface area contributed by atoms with Crippen molar-refractivity contribution in [3.05, 3.63) is 12.7 Å². The molecule has 2 aromatic rings. The normalized spacial score (nSPS) is 11.2. The number of imidazole rings is 1. The molecule has 0 aliphatic carbocycles. The van der Waals surface area contributed by atoms with Crippen molar-refractivity contribution < 1.29 is 0 Å². The molecule has 0 fully saturated rings. The van der Waals surface area contributed by atoms with E-state index in [0.717, 1.165) is 30.8 Å². The van der Waals surface area contributed by atoms with Gasteiger partial charge in [0.2, 0.25) is 0 Å². The third-order valence-electron chi connectivity index (χ3n) is 2.55. The number of H-pyrrole nitrogens is 1. The fourth-order valence-corrected chi connectivity index (χ4v) is 1.66. The van der Waals surface area contributed by atoms with Crippen LogP contribution in [0.3, 0.4) is 0 Å². The summed E-state index contributed by atoms with van der Waals surface area (Å²) in [5.74, 6) is 0.831. The van der Waals surface area contributed by atoms with E-state index in [1.165, 1.54) is 12.7 Å². The van der Waals surface area contributed by atoms with Gasteiger partial charge in [-0.3, -0.25) is 0 Å². The minimum absolute atomic E-state index is 0.704. The first-order valence-corrected chi connectivity index (χ1v) is 5.80. The van der Waals surface area contributed by atoms with Crippen LogP contribution in [-0.2, 0) is 0 Å². The molecule has 17 heavy (non-hydrogen) atoms. The Morgan fingerprint density at radius 3 is 2.94 bits per heavy atom. The molecular formula is C11H18N6. The molecule has 2 aromatic heterocycles. The second-order valence-corrected chi connectivity index (χ2v) is 4.26. The quantitative estimate of drug-likeness (QED) is 0.733. The zero-order chi connectivity index (χ0) is 12.1. The van der Waals surface area contributed by atoms with E-state index in [9.17, 15) is 0 Å². The van der Waals surface area contributed by atoms with Gasteiger partial charge in [-0.15, -0.1) is 0 Å². The molecule has 2 rings (SSSR count). The minimum Gasteiger partial charge on any atom is -0.368 e. The highest BCUT2D eigenvalue weighted by Gasteiger charge is 2.04. The largest absolute Gasteiger partial charge is 0.368 e. The molecule has 2 N–H and O–H groups in total. The molecular weight excluding hydrogens is 216 g/mol. The second-order valence-electron chi connectivity index (χ2n) is 4.26. The summed E-state index contributed by atoms with van der Waals surface area (Å²) in [6, 6.07) is 0. The summed E-state index contributed by atoms with van der Waals surface area (Å²) in [6.45, 7) is 2.03. The first kappa shape index (κ1) is 11.8. The van der Waals surface area contributed by atoms with Crippen LogP contribution in [0.2, 0.25) is 0 Å². The Balaban J connectivity index is 1.84. The van der Waals surface area contributed by atoms with Crippen LogP contribution in [0.5, 0.6) is 0 Å². The highest BCUT2D eigenvalue weighted by molar-refractivity contribution is 5.81. The maximum absolute atomic E-state index is 4.21. The number of aromatic amines is 1. The predicted octanol–water partition coefficient (Wildman–Crippen LogP) is 1.11. The van der Waals surface area contributed by atoms with Gasteiger partial charge in [-0.2, -0.15) is 0 Å². The van der Waals surface area contributed by atoms with E-state index in [4.69, 9.17) is 0 Å². The van der Waals surface area contributed by atoms with Crippen molar-refractivity contribution in [1.82, 2.24) is 24.8 Å². The van der Waals surface area contributed by atoms with Crippen LogP contribution in [0.4, 0.5) is 5.82 Å². The fraction of sp³-hybridized carbons (Fsp3) is 0.545. The van der Waals surface area contributed by atoms with Crippen LogP contribution in [0.15, 0.2) is 12.7 Å². The molecule has 2 heterocycles. The number of fused-ring (bicyclic) bond motifs is 1. The SMILES string of the molecule is CN(C)CCCCNc1ncnc2nc[nH]c12. The van der Waals surface area contributed by atoms with E-state index < -0.39 is 0 Å². The summed E-state index contributed by atoms with van der Waals surface area (Å²) in [4.78, 5) is 17.6. The molecule has 0 saturated carbocycles. The molecule has 0 aromatic carbocycles. The summed E-state index contributed by atoms with van der Waals surface area (Å²) in [7, 11) is 4.18. The van der Waals surface area contributed by atoms with Crippen LogP contribution in [0.1, 0.15) is 12.8 Å². The van der Waals surface area contributed by atoms with Gasteiger partial charge in [-0.1, -0.05) is 0 Å². The van der Waals surface area contributed by atoms with Crippen molar-refractivity contribution in [3.8, 4) is 0 Å². The Kier molecular flexibility index (Phi) is 3.87. The lowest BCUT2D eigenvalue weighted by Gasteiger charge is -2.09. The van der Waals surface area contributed by atoms with Crippen molar-refractivity contribution in [2.75, 3.05) is 32.5 Å².